The van der Waals surface area contributed by atoms with E-state index in [4.69, 9.17) is 16.3 Å². The van der Waals surface area contributed by atoms with Gasteiger partial charge in [-0.1, -0.05) is 60.1 Å². The van der Waals surface area contributed by atoms with E-state index in [-0.39, 0.29) is 17.7 Å². The average Bonchev–Trinajstić information content (AvgIpc) is 3.48. The molecule has 1 amide bonds. The van der Waals surface area contributed by atoms with Crippen LogP contribution in [0.3, 0.4) is 0 Å². The smallest absolute Gasteiger partial charge is 0.387 e. The number of benzene rings is 3. The van der Waals surface area contributed by atoms with Gasteiger partial charge in [-0.2, -0.15) is 8.78 Å². The molecule has 35 heavy (non-hydrogen) atoms. The topological polar surface area (TPSA) is 50.4 Å². The standard InChI is InChI=1S/C28H27ClF2N2O2/c29-27-22(7-3-9-24(27)23-8-2-5-17-4-1-6-21(17)23)18-10-11-19(25(14-18)35-28(30)31)15-32-16-20-12-13-26(34)33-20/h2-3,5,7-11,14,20,28,32H,1,4,6,12-13,15-16H2,(H,33,34)/t20-/m0/s1. The van der Waals surface area contributed by atoms with Crippen molar-refractivity contribution in [1.82, 2.24) is 10.6 Å². The van der Waals surface area contributed by atoms with E-state index in [2.05, 4.69) is 28.8 Å². The molecule has 182 valence electrons. The Morgan fingerprint density at radius 1 is 1.03 bits per heavy atom. The van der Waals surface area contributed by atoms with Gasteiger partial charge in [0.2, 0.25) is 5.91 Å². The Balaban J connectivity index is 1.42. The van der Waals surface area contributed by atoms with Crippen LogP contribution in [0.15, 0.2) is 54.6 Å². The molecule has 1 saturated heterocycles. The highest BCUT2D eigenvalue weighted by Crippen LogP contribution is 2.41. The maximum absolute atomic E-state index is 13.2. The summed E-state index contributed by atoms with van der Waals surface area (Å²) in [7, 11) is 0. The number of ether oxygens (including phenoxy) is 1. The van der Waals surface area contributed by atoms with Crippen LogP contribution in [0.2, 0.25) is 5.02 Å². The molecule has 1 heterocycles. The maximum atomic E-state index is 13.2. The van der Waals surface area contributed by atoms with Gasteiger partial charge in [-0.05, 0) is 54.0 Å². The van der Waals surface area contributed by atoms with Crippen molar-refractivity contribution >= 4 is 17.5 Å². The number of halogens is 3. The Kier molecular flexibility index (Phi) is 7.02. The SMILES string of the molecule is O=C1CC[C@@H](CNCc2ccc(-c3cccc(-c4cccc5c4CCC5)c3Cl)cc2OC(F)F)N1. The fraction of sp³-hybridized carbons (Fsp3) is 0.321. The van der Waals surface area contributed by atoms with Gasteiger partial charge in [0.25, 0.3) is 0 Å². The van der Waals surface area contributed by atoms with Crippen molar-refractivity contribution in [1.29, 1.82) is 0 Å². The third-order valence-corrected chi connectivity index (χ3v) is 7.23. The predicted molar refractivity (Wildman–Crippen MR) is 134 cm³/mol. The molecule has 0 aromatic heterocycles. The fourth-order valence-electron chi connectivity index (χ4n) is 5.12. The Bertz CT molecular complexity index is 1250. The molecule has 1 fully saturated rings. The van der Waals surface area contributed by atoms with E-state index in [0.29, 0.717) is 35.7 Å². The quantitative estimate of drug-likeness (QED) is 0.394. The van der Waals surface area contributed by atoms with E-state index in [1.807, 2.05) is 24.3 Å². The maximum Gasteiger partial charge on any atom is 0.387 e. The van der Waals surface area contributed by atoms with E-state index < -0.39 is 6.61 Å². The third kappa shape index (κ3) is 5.19. The van der Waals surface area contributed by atoms with E-state index in [0.717, 1.165) is 42.4 Å². The second-order valence-corrected chi connectivity index (χ2v) is 9.48. The van der Waals surface area contributed by atoms with Gasteiger partial charge in [0.15, 0.2) is 0 Å². The first-order valence-corrected chi connectivity index (χ1v) is 12.3. The summed E-state index contributed by atoms with van der Waals surface area (Å²) in [5, 5.41) is 6.72. The van der Waals surface area contributed by atoms with Crippen LogP contribution < -0.4 is 15.4 Å². The van der Waals surface area contributed by atoms with Crippen molar-refractivity contribution < 1.29 is 18.3 Å². The lowest BCUT2D eigenvalue weighted by molar-refractivity contribution is -0.119. The molecule has 5 rings (SSSR count). The van der Waals surface area contributed by atoms with Gasteiger partial charge in [0.05, 0.1) is 5.02 Å². The molecule has 0 bridgehead atoms. The lowest BCUT2D eigenvalue weighted by atomic mass is 9.93. The van der Waals surface area contributed by atoms with Crippen molar-refractivity contribution in [2.45, 2.75) is 51.3 Å². The first-order chi connectivity index (χ1) is 17.0. The first-order valence-electron chi connectivity index (χ1n) is 12.0. The van der Waals surface area contributed by atoms with E-state index in [1.165, 1.54) is 11.1 Å². The molecule has 3 aromatic rings. The highest BCUT2D eigenvalue weighted by molar-refractivity contribution is 6.36. The molecule has 0 spiro atoms. The van der Waals surface area contributed by atoms with Crippen LogP contribution in [0.25, 0.3) is 22.3 Å². The summed E-state index contributed by atoms with van der Waals surface area (Å²) in [4.78, 5) is 11.4. The Labute approximate surface area is 208 Å². The Morgan fingerprint density at radius 3 is 2.63 bits per heavy atom. The van der Waals surface area contributed by atoms with Gasteiger partial charge >= 0.3 is 6.61 Å². The van der Waals surface area contributed by atoms with Gasteiger partial charge in [-0.25, -0.2) is 0 Å². The molecular formula is C28H27ClF2N2O2. The molecule has 1 aliphatic carbocycles. The molecular weight excluding hydrogens is 470 g/mol. The molecule has 2 aliphatic rings. The molecule has 1 aliphatic heterocycles. The van der Waals surface area contributed by atoms with Crippen LogP contribution in [-0.2, 0) is 24.2 Å². The summed E-state index contributed by atoms with van der Waals surface area (Å²) in [5.41, 5.74) is 6.89. The van der Waals surface area contributed by atoms with Crippen LogP contribution in [0, 0.1) is 0 Å². The highest BCUT2D eigenvalue weighted by atomic mass is 35.5. The van der Waals surface area contributed by atoms with Crippen molar-refractivity contribution in [3.8, 4) is 28.0 Å². The molecule has 1 atom stereocenters. The van der Waals surface area contributed by atoms with Gasteiger partial charge in [-0.15, -0.1) is 0 Å². The van der Waals surface area contributed by atoms with Crippen molar-refractivity contribution in [3.63, 3.8) is 0 Å². The minimum absolute atomic E-state index is 0.0439. The number of hydrogen-bond acceptors (Lipinski definition) is 3. The predicted octanol–water partition coefficient (Wildman–Crippen LogP) is 6.13. The number of carbonyl (C=O) groups is 1. The summed E-state index contributed by atoms with van der Waals surface area (Å²) >= 11 is 6.91. The summed E-state index contributed by atoms with van der Waals surface area (Å²) in [6, 6.07) is 17.5. The number of alkyl halides is 2. The monoisotopic (exact) mass is 496 g/mol. The number of amides is 1. The first kappa shape index (κ1) is 23.8. The minimum atomic E-state index is -2.94. The largest absolute Gasteiger partial charge is 0.434 e. The second-order valence-electron chi connectivity index (χ2n) is 9.10. The van der Waals surface area contributed by atoms with Crippen LogP contribution >= 0.6 is 11.6 Å². The van der Waals surface area contributed by atoms with Gasteiger partial charge < -0.3 is 15.4 Å². The summed E-state index contributed by atoms with van der Waals surface area (Å²) in [5.74, 6) is 0.157. The zero-order valence-electron chi connectivity index (χ0n) is 19.3. The molecule has 3 aromatic carbocycles. The number of fused-ring (bicyclic) bond motifs is 1. The Morgan fingerprint density at radius 2 is 1.83 bits per heavy atom. The van der Waals surface area contributed by atoms with Crippen molar-refractivity contribution in [2.75, 3.05) is 6.54 Å². The van der Waals surface area contributed by atoms with Crippen LogP contribution in [0.1, 0.15) is 36.0 Å². The zero-order valence-corrected chi connectivity index (χ0v) is 20.0. The molecule has 7 heteroatoms. The zero-order chi connectivity index (χ0) is 24.4. The number of nitrogens with one attached hydrogen (secondary N) is 2. The summed E-state index contributed by atoms with van der Waals surface area (Å²) < 4.78 is 31.3. The second kappa shape index (κ2) is 10.3. The van der Waals surface area contributed by atoms with Gasteiger partial charge in [0, 0.05) is 42.2 Å². The Hall–Kier alpha value is -2.96. The van der Waals surface area contributed by atoms with Crippen LogP contribution in [0.5, 0.6) is 5.75 Å². The number of aryl methyl sites for hydroxylation is 1. The average molecular weight is 497 g/mol. The number of hydrogen-bond donors (Lipinski definition) is 2. The third-order valence-electron chi connectivity index (χ3n) is 6.82. The van der Waals surface area contributed by atoms with E-state index in [1.54, 1.807) is 12.1 Å². The number of carbonyl (C=O) groups excluding carboxylic acids is 1. The van der Waals surface area contributed by atoms with E-state index >= 15 is 0 Å². The summed E-state index contributed by atoms with van der Waals surface area (Å²) in [6.45, 7) is -2.03. The minimum Gasteiger partial charge on any atom is -0.434 e. The van der Waals surface area contributed by atoms with Gasteiger partial charge in [0.1, 0.15) is 5.75 Å². The van der Waals surface area contributed by atoms with Crippen LogP contribution in [0.4, 0.5) is 8.78 Å². The highest BCUT2D eigenvalue weighted by Gasteiger charge is 2.21. The summed E-state index contributed by atoms with van der Waals surface area (Å²) in [6.07, 6.45) is 4.54. The lowest BCUT2D eigenvalue weighted by Crippen LogP contribution is -2.35. The number of rotatable bonds is 8. The molecule has 0 saturated carbocycles. The van der Waals surface area contributed by atoms with Crippen molar-refractivity contribution in [2.24, 2.45) is 0 Å². The molecule has 2 N–H and O–H groups in total. The lowest BCUT2D eigenvalue weighted by Gasteiger charge is -2.17. The van der Waals surface area contributed by atoms with E-state index in [9.17, 15) is 13.6 Å². The molecule has 0 radical (unpaired) electrons. The fourth-order valence-corrected chi connectivity index (χ4v) is 5.46. The van der Waals surface area contributed by atoms with Crippen LogP contribution in [-0.4, -0.2) is 25.1 Å². The molecule has 4 nitrogen and oxygen atoms in total. The normalized spacial score (nSPS) is 17.0. The molecule has 0 unspecified atom stereocenters. The van der Waals surface area contributed by atoms with Gasteiger partial charge in [-0.3, -0.25) is 4.79 Å². The van der Waals surface area contributed by atoms with Crippen molar-refractivity contribution in [3.05, 3.63) is 76.3 Å².